The van der Waals surface area contributed by atoms with Gasteiger partial charge < -0.3 is 13.9 Å². The van der Waals surface area contributed by atoms with E-state index in [4.69, 9.17) is 4.74 Å². The first-order valence-corrected chi connectivity index (χ1v) is 12.0. The Morgan fingerprint density at radius 2 is 1.50 bits per heavy atom. The minimum absolute atomic E-state index is 0.181. The minimum atomic E-state index is -0.519. The number of aromatic nitrogens is 4. The first-order chi connectivity index (χ1) is 17.1. The molecule has 188 valence electrons. The Bertz CT molecular complexity index is 1530. The van der Waals surface area contributed by atoms with Crippen molar-refractivity contribution in [1.29, 1.82) is 0 Å². The third kappa shape index (κ3) is 4.02. The number of Topliss-reactive ketones (excluding diaryl/α,β-unsaturated/α-hetero) is 1. The number of carbonyl (C=O) groups is 2. The quantitative estimate of drug-likeness (QED) is 0.286. The summed E-state index contributed by atoms with van der Waals surface area (Å²) in [5, 5.41) is 0. The highest BCUT2D eigenvalue weighted by Crippen LogP contribution is 2.23. The molecule has 0 aliphatic heterocycles. The minimum Gasteiger partial charge on any atom is -0.454 e. The van der Waals surface area contributed by atoms with E-state index in [-0.39, 0.29) is 17.9 Å². The van der Waals surface area contributed by atoms with Crippen LogP contribution in [0.25, 0.3) is 11.4 Å². The maximum Gasteiger partial charge on any atom is 0.340 e. The average Bonchev–Trinajstić information content (AvgIpc) is 3.40. The van der Waals surface area contributed by atoms with Crippen LogP contribution in [0.3, 0.4) is 0 Å². The van der Waals surface area contributed by atoms with Gasteiger partial charge in [0.1, 0.15) is 5.69 Å². The van der Waals surface area contributed by atoms with Crippen molar-refractivity contribution in [1.82, 2.24) is 18.5 Å². The van der Waals surface area contributed by atoms with Gasteiger partial charge in [0.2, 0.25) is 5.78 Å². The SMILES string of the molecule is CCn1c(C)cc(C(=O)OCC(=O)c2cc(C)n(-c3c(C)n(C)n(-c4ccccc4)c3=O)c2C)c1C. The number of ketones is 1. The Balaban J connectivity index is 1.64. The fraction of sp³-hybridized carbons (Fsp3) is 0.321. The second kappa shape index (κ2) is 9.53. The standard InChI is InChI=1S/C28H32N4O4/c1-8-30-17(2)14-24(19(30)4)28(35)36-16-25(33)23-15-18(3)31(20(23)5)26-21(6)29(7)32(27(26)34)22-12-10-9-11-13-22/h9-15H,8,16H2,1-7H3. The summed E-state index contributed by atoms with van der Waals surface area (Å²) >= 11 is 0. The maximum atomic E-state index is 13.5. The first kappa shape index (κ1) is 25.0. The summed E-state index contributed by atoms with van der Waals surface area (Å²) in [6.07, 6.45) is 0. The van der Waals surface area contributed by atoms with Crippen molar-refractivity contribution in [2.45, 2.75) is 48.1 Å². The number of para-hydroxylation sites is 1. The summed E-state index contributed by atoms with van der Waals surface area (Å²) in [5.74, 6) is -0.835. The second-order valence-electron chi connectivity index (χ2n) is 9.06. The molecule has 0 saturated carbocycles. The average molecular weight is 489 g/mol. The van der Waals surface area contributed by atoms with Crippen LogP contribution in [-0.2, 0) is 18.3 Å². The van der Waals surface area contributed by atoms with E-state index >= 15 is 0 Å². The van der Waals surface area contributed by atoms with Gasteiger partial charge in [-0.15, -0.1) is 0 Å². The molecule has 0 aliphatic carbocycles. The van der Waals surface area contributed by atoms with Crippen LogP contribution in [0.4, 0.5) is 0 Å². The van der Waals surface area contributed by atoms with Gasteiger partial charge in [0, 0.05) is 41.9 Å². The Kier molecular flexibility index (Phi) is 6.63. The Hall–Kier alpha value is -4.07. The molecule has 0 radical (unpaired) electrons. The van der Waals surface area contributed by atoms with E-state index in [9.17, 15) is 14.4 Å². The molecule has 4 rings (SSSR count). The van der Waals surface area contributed by atoms with Crippen molar-refractivity contribution in [3.63, 3.8) is 0 Å². The van der Waals surface area contributed by atoms with Crippen LogP contribution in [0.2, 0.25) is 0 Å². The van der Waals surface area contributed by atoms with Gasteiger partial charge in [0.05, 0.1) is 16.9 Å². The molecule has 0 aliphatic rings. The van der Waals surface area contributed by atoms with E-state index in [1.54, 1.807) is 28.3 Å². The van der Waals surface area contributed by atoms with E-state index < -0.39 is 5.97 Å². The van der Waals surface area contributed by atoms with Gasteiger partial charge in [0.15, 0.2) is 6.61 Å². The van der Waals surface area contributed by atoms with E-state index in [0.29, 0.717) is 22.5 Å². The molecule has 8 nitrogen and oxygen atoms in total. The molecule has 8 heteroatoms. The molecule has 36 heavy (non-hydrogen) atoms. The summed E-state index contributed by atoms with van der Waals surface area (Å²) in [5.41, 5.74) is 5.88. The number of hydrogen-bond acceptors (Lipinski definition) is 4. The van der Waals surface area contributed by atoms with Crippen LogP contribution >= 0.6 is 0 Å². The molecule has 3 heterocycles. The lowest BCUT2D eigenvalue weighted by Gasteiger charge is -2.09. The molecular formula is C28H32N4O4. The van der Waals surface area contributed by atoms with Gasteiger partial charge in [-0.3, -0.25) is 14.3 Å². The predicted molar refractivity (Wildman–Crippen MR) is 139 cm³/mol. The lowest BCUT2D eigenvalue weighted by atomic mass is 10.1. The van der Waals surface area contributed by atoms with Gasteiger partial charge in [-0.1, -0.05) is 18.2 Å². The van der Waals surface area contributed by atoms with Crippen molar-refractivity contribution in [3.8, 4) is 11.4 Å². The summed E-state index contributed by atoms with van der Waals surface area (Å²) in [4.78, 5) is 39.3. The largest absolute Gasteiger partial charge is 0.454 e. The monoisotopic (exact) mass is 488 g/mol. The Morgan fingerprint density at radius 3 is 2.11 bits per heavy atom. The topological polar surface area (TPSA) is 80.2 Å². The number of esters is 1. The van der Waals surface area contributed by atoms with Crippen LogP contribution in [0.1, 0.15) is 56.1 Å². The van der Waals surface area contributed by atoms with E-state index in [2.05, 4.69) is 0 Å². The third-order valence-electron chi connectivity index (χ3n) is 6.92. The Morgan fingerprint density at radius 1 is 0.861 bits per heavy atom. The molecule has 4 aromatic rings. The molecule has 0 amide bonds. The number of nitrogens with zero attached hydrogens (tertiary/aromatic N) is 4. The van der Waals surface area contributed by atoms with Gasteiger partial charge in [0.25, 0.3) is 5.56 Å². The first-order valence-electron chi connectivity index (χ1n) is 12.0. The second-order valence-corrected chi connectivity index (χ2v) is 9.06. The van der Waals surface area contributed by atoms with Gasteiger partial charge in [-0.2, -0.15) is 0 Å². The number of rotatable bonds is 7. The molecule has 0 saturated heterocycles. The highest BCUT2D eigenvalue weighted by atomic mass is 16.5. The number of benzene rings is 1. The van der Waals surface area contributed by atoms with Crippen molar-refractivity contribution in [2.75, 3.05) is 6.61 Å². The van der Waals surface area contributed by atoms with Crippen molar-refractivity contribution >= 4 is 11.8 Å². The maximum absolute atomic E-state index is 13.5. The normalized spacial score (nSPS) is 11.2. The molecule has 0 atom stereocenters. The zero-order chi connectivity index (χ0) is 26.3. The predicted octanol–water partition coefficient (Wildman–Crippen LogP) is 4.37. The number of carbonyl (C=O) groups excluding carboxylic acids is 2. The Labute approximate surface area is 210 Å². The smallest absolute Gasteiger partial charge is 0.340 e. The highest BCUT2D eigenvalue weighted by Gasteiger charge is 2.25. The van der Waals surface area contributed by atoms with E-state index in [0.717, 1.165) is 35.0 Å². The number of aryl methyl sites for hydroxylation is 2. The summed E-state index contributed by atoms with van der Waals surface area (Å²) in [6, 6.07) is 12.9. The fourth-order valence-corrected chi connectivity index (χ4v) is 4.98. The molecule has 0 spiro atoms. The fourth-order valence-electron chi connectivity index (χ4n) is 4.98. The van der Waals surface area contributed by atoms with Crippen molar-refractivity contribution < 1.29 is 14.3 Å². The summed E-state index contributed by atoms with van der Waals surface area (Å²) in [7, 11) is 1.84. The molecule has 3 aromatic heterocycles. The zero-order valence-corrected chi connectivity index (χ0v) is 21.9. The van der Waals surface area contributed by atoms with Crippen molar-refractivity contribution in [2.24, 2.45) is 7.05 Å². The van der Waals surface area contributed by atoms with E-state index in [1.165, 1.54) is 0 Å². The summed E-state index contributed by atoms with van der Waals surface area (Å²) < 4.78 is 12.6. The van der Waals surface area contributed by atoms with Crippen LogP contribution in [0.15, 0.2) is 47.3 Å². The van der Waals surface area contributed by atoms with Crippen LogP contribution in [0.5, 0.6) is 0 Å². The van der Waals surface area contributed by atoms with Gasteiger partial charge in [-0.25, -0.2) is 9.48 Å². The van der Waals surface area contributed by atoms with E-state index in [1.807, 2.05) is 81.2 Å². The lowest BCUT2D eigenvalue weighted by molar-refractivity contribution is 0.0473. The molecular weight excluding hydrogens is 456 g/mol. The lowest BCUT2D eigenvalue weighted by Crippen LogP contribution is -2.22. The molecule has 0 N–H and O–H groups in total. The molecule has 1 aromatic carbocycles. The van der Waals surface area contributed by atoms with Crippen molar-refractivity contribution in [3.05, 3.63) is 92.4 Å². The van der Waals surface area contributed by atoms with Crippen LogP contribution in [-0.4, -0.2) is 36.9 Å². The van der Waals surface area contributed by atoms with Gasteiger partial charge >= 0.3 is 5.97 Å². The van der Waals surface area contributed by atoms with Gasteiger partial charge in [-0.05, 0) is 65.8 Å². The summed E-state index contributed by atoms with van der Waals surface area (Å²) in [6.45, 7) is 11.7. The molecule has 0 fully saturated rings. The van der Waals surface area contributed by atoms with Crippen LogP contribution < -0.4 is 5.56 Å². The van der Waals surface area contributed by atoms with Crippen LogP contribution in [0, 0.1) is 34.6 Å². The molecule has 0 bridgehead atoms. The highest BCUT2D eigenvalue weighted by molar-refractivity contribution is 6.00. The third-order valence-corrected chi connectivity index (χ3v) is 6.92. The number of ether oxygens (including phenoxy) is 1. The zero-order valence-electron chi connectivity index (χ0n) is 21.9. The molecule has 0 unspecified atom stereocenters. The number of hydrogen-bond donors (Lipinski definition) is 0.